The van der Waals surface area contributed by atoms with Crippen molar-refractivity contribution in [1.82, 2.24) is 0 Å². The Balaban J connectivity index is 2.73. The molecule has 0 aliphatic carbocycles. The Morgan fingerprint density at radius 1 is 1.44 bits per heavy atom. The van der Waals surface area contributed by atoms with E-state index in [1.54, 1.807) is 0 Å². The Kier molecular flexibility index (Phi) is 1.35. The lowest BCUT2D eigenvalue weighted by Gasteiger charge is -2.11. The summed E-state index contributed by atoms with van der Waals surface area (Å²) in [5.74, 6) is 0. The van der Waals surface area contributed by atoms with Crippen LogP contribution in [-0.2, 0) is 0 Å². The molecular formula is C6H12N3+. The lowest BCUT2D eigenvalue weighted by Crippen LogP contribution is -2.28. The molecular weight excluding hydrogens is 114 g/mol. The fraction of sp³-hybridized carbons (Fsp3) is 0.833. The second-order valence-electron chi connectivity index (χ2n) is 3.11. The molecule has 0 aromatic heterocycles. The fourth-order valence-electron chi connectivity index (χ4n) is 0.663. The molecule has 0 N–H and O–H groups in total. The van der Waals surface area contributed by atoms with E-state index in [1.807, 2.05) is 10.9 Å². The molecule has 0 unspecified atom stereocenters. The Morgan fingerprint density at radius 3 is 2.33 bits per heavy atom. The van der Waals surface area contributed by atoms with E-state index < -0.39 is 0 Å². The first-order chi connectivity index (χ1) is 4.11. The quantitative estimate of drug-likeness (QED) is 0.437. The van der Waals surface area contributed by atoms with Crippen molar-refractivity contribution in [3.8, 4) is 0 Å². The van der Waals surface area contributed by atoms with Gasteiger partial charge >= 0.3 is 0 Å². The van der Waals surface area contributed by atoms with Crippen LogP contribution in [0.3, 0.4) is 0 Å². The fourth-order valence-corrected chi connectivity index (χ4v) is 0.663. The van der Waals surface area contributed by atoms with E-state index in [4.69, 9.17) is 0 Å². The van der Waals surface area contributed by atoms with Gasteiger partial charge in [0.25, 0.3) is 0 Å². The highest BCUT2D eigenvalue weighted by Gasteiger charge is 2.23. The van der Waals surface area contributed by atoms with Crippen molar-refractivity contribution in [2.75, 3.05) is 6.54 Å². The third kappa shape index (κ3) is 1.34. The summed E-state index contributed by atoms with van der Waals surface area (Å²) in [6.45, 7) is 7.05. The van der Waals surface area contributed by atoms with Gasteiger partial charge in [-0.25, -0.2) is 0 Å². The molecule has 9 heavy (non-hydrogen) atoms. The van der Waals surface area contributed by atoms with Gasteiger partial charge in [0.1, 0.15) is 17.0 Å². The van der Waals surface area contributed by atoms with Crippen LogP contribution in [0, 0.1) is 0 Å². The third-order valence-electron chi connectivity index (χ3n) is 1.18. The van der Waals surface area contributed by atoms with Gasteiger partial charge in [-0.2, -0.15) is 0 Å². The van der Waals surface area contributed by atoms with Crippen LogP contribution in [0.15, 0.2) is 10.3 Å². The molecule has 3 heteroatoms. The van der Waals surface area contributed by atoms with Crippen LogP contribution in [-0.4, -0.2) is 23.0 Å². The minimum atomic E-state index is 0.0972. The zero-order chi connectivity index (χ0) is 6.91. The van der Waals surface area contributed by atoms with Gasteiger partial charge in [0.05, 0.1) is 0 Å². The van der Waals surface area contributed by atoms with Crippen LogP contribution in [0.25, 0.3) is 0 Å². The second-order valence-corrected chi connectivity index (χ2v) is 3.11. The van der Waals surface area contributed by atoms with E-state index in [1.165, 1.54) is 0 Å². The zero-order valence-corrected chi connectivity index (χ0v) is 6.13. The molecule has 0 aromatic carbocycles. The molecule has 0 aromatic rings. The van der Waals surface area contributed by atoms with Gasteiger partial charge in [0.15, 0.2) is 0 Å². The summed E-state index contributed by atoms with van der Waals surface area (Å²) in [6, 6.07) is 0. The molecule has 0 saturated carbocycles. The van der Waals surface area contributed by atoms with Gasteiger partial charge in [-0.15, -0.1) is 4.68 Å². The second kappa shape index (κ2) is 1.90. The molecule has 1 rings (SSSR count). The summed E-state index contributed by atoms with van der Waals surface area (Å²) < 4.78 is 1.88. The molecule has 0 saturated heterocycles. The molecule has 1 heterocycles. The lowest BCUT2D eigenvalue weighted by molar-refractivity contribution is -0.600. The van der Waals surface area contributed by atoms with Gasteiger partial charge in [-0.3, -0.25) is 0 Å². The van der Waals surface area contributed by atoms with Gasteiger partial charge in [0, 0.05) is 5.11 Å². The highest BCUT2D eigenvalue weighted by atomic mass is 15.5. The molecule has 0 amide bonds. The standard InChI is InChI=1S/C6H12N3/c1-6(2,3)9-5-4-7-8-9/h5H,4H2,1-3H3/q+1. The monoisotopic (exact) mass is 126 g/mol. The van der Waals surface area contributed by atoms with Crippen molar-refractivity contribution in [3.63, 3.8) is 0 Å². The summed E-state index contributed by atoms with van der Waals surface area (Å²) in [5, 5.41) is 7.74. The van der Waals surface area contributed by atoms with Crippen molar-refractivity contribution >= 4 is 6.21 Å². The van der Waals surface area contributed by atoms with Gasteiger partial charge in [-0.05, 0) is 20.8 Å². The van der Waals surface area contributed by atoms with Crippen molar-refractivity contribution in [2.24, 2.45) is 10.3 Å². The van der Waals surface area contributed by atoms with E-state index in [0.29, 0.717) is 0 Å². The van der Waals surface area contributed by atoms with Crippen LogP contribution in [0.4, 0.5) is 0 Å². The predicted octanol–water partition coefficient (Wildman–Crippen LogP) is 1.25. The zero-order valence-electron chi connectivity index (χ0n) is 6.13. The van der Waals surface area contributed by atoms with Gasteiger partial charge in [0.2, 0.25) is 6.54 Å². The van der Waals surface area contributed by atoms with E-state index in [2.05, 4.69) is 31.1 Å². The summed E-state index contributed by atoms with van der Waals surface area (Å²) in [7, 11) is 0. The average molecular weight is 126 g/mol. The Hall–Kier alpha value is -0.730. The Bertz CT molecular complexity index is 162. The van der Waals surface area contributed by atoms with E-state index in [9.17, 15) is 0 Å². The number of nitrogens with zero attached hydrogens (tertiary/aromatic N) is 3. The predicted molar refractivity (Wildman–Crippen MR) is 35.8 cm³/mol. The topological polar surface area (TPSA) is 27.7 Å². The first-order valence-electron chi connectivity index (χ1n) is 3.11. The molecule has 50 valence electrons. The van der Waals surface area contributed by atoms with E-state index >= 15 is 0 Å². The van der Waals surface area contributed by atoms with Crippen molar-refractivity contribution in [1.29, 1.82) is 0 Å². The third-order valence-corrected chi connectivity index (χ3v) is 1.18. The van der Waals surface area contributed by atoms with Gasteiger partial charge in [-0.1, -0.05) is 0 Å². The first kappa shape index (κ1) is 6.39. The molecule has 0 fully saturated rings. The number of hydrogen-bond donors (Lipinski definition) is 0. The van der Waals surface area contributed by atoms with Gasteiger partial charge < -0.3 is 0 Å². The smallest absolute Gasteiger partial charge is 0.133 e. The highest BCUT2D eigenvalue weighted by molar-refractivity contribution is 5.54. The molecule has 0 atom stereocenters. The Labute approximate surface area is 55.1 Å². The van der Waals surface area contributed by atoms with Crippen LogP contribution in [0.1, 0.15) is 20.8 Å². The van der Waals surface area contributed by atoms with Crippen molar-refractivity contribution < 1.29 is 4.68 Å². The van der Waals surface area contributed by atoms with Crippen LogP contribution < -0.4 is 0 Å². The molecule has 1 aliphatic rings. The summed E-state index contributed by atoms with van der Waals surface area (Å²) in [5.41, 5.74) is 0.0972. The summed E-state index contributed by atoms with van der Waals surface area (Å²) in [6.07, 6.45) is 1.99. The summed E-state index contributed by atoms with van der Waals surface area (Å²) in [4.78, 5) is 0. The van der Waals surface area contributed by atoms with Crippen LogP contribution in [0.2, 0.25) is 0 Å². The minimum Gasteiger partial charge on any atom is -0.133 e. The maximum atomic E-state index is 3.91. The molecule has 1 aliphatic heterocycles. The number of rotatable bonds is 0. The molecule has 0 radical (unpaired) electrons. The average Bonchev–Trinajstić information content (AvgIpc) is 2.08. The maximum Gasteiger partial charge on any atom is 0.213 e. The highest BCUT2D eigenvalue weighted by Crippen LogP contribution is 2.08. The Morgan fingerprint density at radius 2 is 2.11 bits per heavy atom. The van der Waals surface area contributed by atoms with E-state index in [0.717, 1.165) is 6.54 Å². The molecule has 0 spiro atoms. The largest absolute Gasteiger partial charge is 0.213 e. The van der Waals surface area contributed by atoms with Crippen molar-refractivity contribution in [2.45, 2.75) is 26.3 Å². The minimum absolute atomic E-state index is 0.0972. The van der Waals surface area contributed by atoms with E-state index in [-0.39, 0.29) is 5.54 Å². The first-order valence-corrected chi connectivity index (χ1v) is 3.11. The summed E-state index contributed by atoms with van der Waals surface area (Å²) >= 11 is 0. The number of hydrogen-bond acceptors (Lipinski definition) is 2. The van der Waals surface area contributed by atoms with Crippen LogP contribution >= 0.6 is 0 Å². The molecule has 3 nitrogen and oxygen atoms in total. The molecule has 0 bridgehead atoms. The maximum absolute atomic E-state index is 3.91. The normalized spacial score (nSPS) is 18.3. The lowest BCUT2D eigenvalue weighted by atomic mass is 10.1. The van der Waals surface area contributed by atoms with Crippen LogP contribution in [0.5, 0.6) is 0 Å². The SMILES string of the molecule is CC(C)(C)[N+]1=CCN=N1. The van der Waals surface area contributed by atoms with Crippen molar-refractivity contribution in [3.05, 3.63) is 0 Å².